The molecule has 1 unspecified atom stereocenters. The van der Waals surface area contributed by atoms with Crippen molar-refractivity contribution in [1.82, 2.24) is 0 Å². The zero-order valence-corrected chi connectivity index (χ0v) is 8.58. The Bertz CT molecular complexity index is 116. The molecule has 11 heavy (non-hydrogen) atoms. The molecule has 0 amide bonds. The van der Waals surface area contributed by atoms with Crippen LogP contribution in [-0.4, -0.2) is 38.7 Å². The van der Waals surface area contributed by atoms with Crippen molar-refractivity contribution < 1.29 is 14.6 Å². The average molecular weight is 225 g/mol. The first-order chi connectivity index (χ1) is 5.22. The van der Waals surface area contributed by atoms with Crippen LogP contribution in [0.2, 0.25) is 11.1 Å². The number of aliphatic hydroxyl groups is 1. The predicted octanol–water partition coefficient (Wildman–Crippen LogP) is 0.471. The van der Waals surface area contributed by atoms with Gasteiger partial charge in [-0.05, 0) is 0 Å². The summed E-state index contributed by atoms with van der Waals surface area (Å²) in [4.78, 5) is 10.8. The van der Waals surface area contributed by atoms with E-state index in [-0.39, 0.29) is 0 Å². The van der Waals surface area contributed by atoms with Crippen molar-refractivity contribution in [3.05, 3.63) is 0 Å². The summed E-state index contributed by atoms with van der Waals surface area (Å²) in [6, 6.07) is 0. The first-order valence-corrected chi connectivity index (χ1v) is 6.48. The van der Waals surface area contributed by atoms with E-state index in [4.69, 9.17) is 5.11 Å². The van der Waals surface area contributed by atoms with Crippen LogP contribution in [0.3, 0.4) is 0 Å². The van der Waals surface area contributed by atoms with Gasteiger partial charge >= 0.3 is 72.8 Å². The van der Waals surface area contributed by atoms with Gasteiger partial charge in [-0.1, -0.05) is 0 Å². The summed E-state index contributed by atoms with van der Waals surface area (Å²) in [7, 11) is 0. The molecule has 0 saturated heterocycles. The van der Waals surface area contributed by atoms with E-state index in [1.54, 1.807) is 6.92 Å². The Morgan fingerprint density at radius 3 is 2.82 bits per heavy atom. The second-order valence-corrected chi connectivity index (χ2v) is 4.12. The Kier molecular flexibility index (Phi) is 6.62. The monoisotopic (exact) mass is 226 g/mol. The summed E-state index contributed by atoms with van der Waals surface area (Å²) in [6.07, 6.45) is -0.369. The van der Waals surface area contributed by atoms with E-state index in [2.05, 4.69) is 10.6 Å². The van der Waals surface area contributed by atoms with Crippen LogP contribution in [0.4, 0.5) is 0 Å². The Morgan fingerprint density at radius 1 is 1.73 bits per heavy atom. The number of carbonyl (C=O) groups excluding carboxylic acids is 1. The molecule has 0 aromatic rings. The van der Waals surface area contributed by atoms with Crippen LogP contribution in [-0.2, 0) is 9.53 Å². The fraction of sp³-hybridized carbons (Fsp3) is 0.857. The van der Waals surface area contributed by atoms with Crippen molar-refractivity contribution in [1.29, 1.82) is 0 Å². The standard InChI is InChI=1S/C7H14O3Se/c1-3-10-7(9)6(8)4-5-11-2/h6,8H,3-5H2,1-2H3. The van der Waals surface area contributed by atoms with E-state index in [1.807, 2.05) is 0 Å². The van der Waals surface area contributed by atoms with Gasteiger partial charge in [0.1, 0.15) is 0 Å². The molecule has 66 valence electrons. The van der Waals surface area contributed by atoms with E-state index in [0.29, 0.717) is 28.0 Å². The fourth-order valence-electron chi connectivity index (χ4n) is 0.586. The summed E-state index contributed by atoms with van der Waals surface area (Å²) in [5.74, 6) is 1.59. The zero-order valence-electron chi connectivity index (χ0n) is 6.87. The molecule has 0 bridgehead atoms. The maximum atomic E-state index is 10.8. The molecule has 0 spiro atoms. The van der Waals surface area contributed by atoms with E-state index in [0.717, 1.165) is 5.32 Å². The summed E-state index contributed by atoms with van der Waals surface area (Å²) in [6.45, 7) is 2.07. The van der Waals surface area contributed by atoms with Crippen LogP contribution in [0.25, 0.3) is 0 Å². The van der Waals surface area contributed by atoms with Gasteiger partial charge < -0.3 is 0 Å². The molecule has 0 aliphatic heterocycles. The van der Waals surface area contributed by atoms with Gasteiger partial charge in [0.25, 0.3) is 0 Å². The molecule has 4 heteroatoms. The molecule has 0 aromatic heterocycles. The number of hydrogen-bond donors (Lipinski definition) is 1. The van der Waals surface area contributed by atoms with Crippen LogP contribution in [0, 0.1) is 0 Å². The zero-order chi connectivity index (χ0) is 8.69. The minimum absolute atomic E-state index is 0.340. The van der Waals surface area contributed by atoms with Crippen molar-refractivity contribution in [2.75, 3.05) is 6.61 Å². The van der Waals surface area contributed by atoms with Gasteiger partial charge in [0.15, 0.2) is 0 Å². The van der Waals surface area contributed by atoms with Gasteiger partial charge in [-0.2, -0.15) is 0 Å². The summed E-state index contributed by atoms with van der Waals surface area (Å²) in [5.41, 5.74) is 0. The molecule has 1 N–H and O–H groups in total. The quantitative estimate of drug-likeness (QED) is 0.546. The molecule has 3 nitrogen and oxygen atoms in total. The molecule has 0 aromatic carbocycles. The molecule has 1 atom stereocenters. The third kappa shape index (κ3) is 5.24. The number of ether oxygens (including phenoxy) is 1. The first kappa shape index (κ1) is 10.9. The van der Waals surface area contributed by atoms with Crippen LogP contribution in [0.1, 0.15) is 13.3 Å². The van der Waals surface area contributed by atoms with Crippen LogP contribution < -0.4 is 0 Å². The number of esters is 1. The van der Waals surface area contributed by atoms with Crippen molar-refractivity contribution >= 4 is 20.9 Å². The Hall–Kier alpha value is -0.0505. The van der Waals surface area contributed by atoms with Gasteiger partial charge in [-0.3, -0.25) is 0 Å². The number of carbonyl (C=O) groups is 1. The van der Waals surface area contributed by atoms with Gasteiger partial charge in [-0.25, -0.2) is 0 Å². The topological polar surface area (TPSA) is 46.5 Å². The van der Waals surface area contributed by atoms with Gasteiger partial charge in [0, 0.05) is 0 Å². The summed E-state index contributed by atoms with van der Waals surface area (Å²) in [5, 5.41) is 10.0. The summed E-state index contributed by atoms with van der Waals surface area (Å²) >= 11 is 0.521. The van der Waals surface area contributed by atoms with Crippen LogP contribution >= 0.6 is 0 Å². The summed E-state index contributed by atoms with van der Waals surface area (Å²) < 4.78 is 4.62. The molecule has 0 radical (unpaired) electrons. The second kappa shape index (κ2) is 6.65. The number of hydrogen-bond acceptors (Lipinski definition) is 3. The molecular formula is C7H14O3Se. The molecule has 0 heterocycles. The van der Waals surface area contributed by atoms with Crippen LogP contribution in [0.15, 0.2) is 0 Å². The van der Waals surface area contributed by atoms with E-state index < -0.39 is 12.1 Å². The third-order valence-electron chi connectivity index (χ3n) is 1.15. The number of rotatable bonds is 5. The molecular weight excluding hydrogens is 211 g/mol. The molecule has 0 fully saturated rings. The van der Waals surface area contributed by atoms with Gasteiger partial charge in [0.2, 0.25) is 0 Å². The Labute approximate surface area is 73.3 Å². The molecule has 0 aliphatic carbocycles. The van der Waals surface area contributed by atoms with Crippen molar-refractivity contribution in [2.24, 2.45) is 0 Å². The maximum absolute atomic E-state index is 10.8. The molecule has 0 saturated carbocycles. The third-order valence-corrected chi connectivity index (χ3v) is 2.51. The van der Waals surface area contributed by atoms with Gasteiger partial charge in [0.05, 0.1) is 0 Å². The second-order valence-electron chi connectivity index (χ2n) is 2.05. The Balaban J connectivity index is 3.46. The molecule has 0 rings (SSSR count). The minimum atomic E-state index is -0.906. The van der Waals surface area contributed by atoms with Crippen molar-refractivity contribution in [3.8, 4) is 0 Å². The van der Waals surface area contributed by atoms with E-state index in [9.17, 15) is 4.79 Å². The first-order valence-electron chi connectivity index (χ1n) is 3.56. The Morgan fingerprint density at radius 2 is 2.36 bits per heavy atom. The predicted molar refractivity (Wildman–Crippen MR) is 43.7 cm³/mol. The van der Waals surface area contributed by atoms with Crippen LogP contribution in [0.5, 0.6) is 0 Å². The van der Waals surface area contributed by atoms with Gasteiger partial charge in [-0.15, -0.1) is 0 Å². The SMILES string of the molecule is CCOC(=O)C(O)CC[Se]C. The normalized spacial score (nSPS) is 12.6. The van der Waals surface area contributed by atoms with E-state index >= 15 is 0 Å². The van der Waals surface area contributed by atoms with E-state index in [1.165, 1.54) is 0 Å². The number of aliphatic hydroxyl groups excluding tert-OH is 1. The average Bonchev–Trinajstić information content (AvgIpc) is 2.00. The van der Waals surface area contributed by atoms with Crippen molar-refractivity contribution in [2.45, 2.75) is 30.6 Å². The van der Waals surface area contributed by atoms with Crippen molar-refractivity contribution in [3.63, 3.8) is 0 Å². The molecule has 0 aliphatic rings. The fourth-order valence-corrected chi connectivity index (χ4v) is 1.55.